The Balaban J connectivity index is 1.64. The highest BCUT2D eigenvalue weighted by Gasteiger charge is 2.39. The molecule has 3 amide bonds. The molecular weight excluding hydrogens is 503 g/mol. The van der Waals surface area contributed by atoms with E-state index in [0.29, 0.717) is 53.1 Å². The van der Waals surface area contributed by atoms with Gasteiger partial charge in [0.2, 0.25) is 5.91 Å². The molecule has 0 spiro atoms. The summed E-state index contributed by atoms with van der Waals surface area (Å²) in [5.41, 5.74) is 1.67. The number of benzene rings is 1. The van der Waals surface area contributed by atoms with Crippen molar-refractivity contribution in [1.82, 2.24) is 20.0 Å². The summed E-state index contributed by atoms with van der Waals surface area (Å²) < 4.78 is 5.45. The molecule has 0 aromatic heterocycles. The van der Waals surface area contributed by atoms with E-state index >= 15 is 0 Å². The Labute approximate surface area is 222 Å². The molecular formula is C26H34Cl2N4O4. The molecule has 3 aliphatic rings. The first-order valence-electron chi connectivity index (χ1n) is 12.8. The summed E-state index contributed by atoms with van der Waals surface area (Å²) in [4.78, 5) is 45.0. The van der Waals surface area contributed by atoms with Crippen molar-refractivity contribution in [2.45, 2.75) is 45.6 Å². The maximum absolute atomic E-state index is 13.3. The molecule has 10 heteroatoms. The van der Waals surface area contributed by atoms with Crippen LogP contribution in [0.4, 0.5) is 4.79 Å². The molecule has 1 aliphatic carbocycles. The number of amides is 3. The first-order valence-corrected chi connectivity index (χ1v) is 13.5. The summed E-state index contributed by atoms with van der Waals surface area (Å²) in [6, 6.07) is 4.08. The second-order valence-electron chi connectivity index (χ2n) is 9.46. The Hall–Kier alpha value is -2.29. The number of nitrogens with zero attached hydrogens (tertiary/aromatic N) is 3. The number of carbonyl (C=O) groups is 3. The Kier molecular flexibility index (Phi) is 8.80. The van der Waals surface area contributed by atoms with E-state index in [2.05, 4.69) is 10.2 Å². The summed E-state index contributed by atoms with van der Waals surface area (Å²) in [6.07, 6.45) is 3.96. The van der Waals surface area contributed by atoms with Gasteiger partial charge < -0.3 is 15.0 Å². The molecule has 1 saturated carbocycles. The molecule has 1 saturated heterocycles. The Morgan fingerprint density at radius 3 is 2.47 bits per heavy atom. The smallest absolute Gasteiger partial charge is 0.338 e. The largest absolute Gasteiger partial charge is 0.463 e. The normalized spacial score (nSPS) is 21.7. The molecule has 36 heavy (non-hydrogen) atoms. The van der Waals surface area contributed by atoms with Crippen molar-refractivity contribution in [1.29, 1.82) is 0 Å². The third-order valence-corrected chi connectivity index (χ3v) is 7.99. The predicted molar refractivity (Wildman–Crippen MR) is 139 cm³/mol. The monoisotopic (exact) mass is 536 g/mol. The molecule has 0 bridgehead atoms. The predicted octanol–water partition coefficient (Wildman–Crippen LogP) is 4.23. The number of halogens is 2. The molecule has 0 unspecified atom stereocenters. The van der Waals surface area contributed by atoms with Crippen LogP contribution in [-0.4, -0.2) is 78.5 Å². The maximum atomic E-state index is 13.3. The van der Waals surface area contributed by atoms with Gasteiger partial charge in [0.1, 0.15) is 0 Å². The van der Waals surface area contributed by atoms with E-state index < -0.39 is 12.0 Å². The lowest BCUT2D eigenvalue weighted by atomic mass is 9.84. The molecule has 1 atom stereocenters. The van der Waals surface area contributed by atoms with Crippen LogP contribution in [0.2, 0.25) is 10.0 Å². The summed E-state index contributed by atoms with van der Waals surface area (Å²) in [7, 11) is 0. The topological polar surface area (TPSA) is 82.2 Å². The second kappa shape index (κ2) is 11.8. The fraction of sp³-hybridized carbons (Fsp3) is 0.577. The maximum Gasteiger partial charge on any atom is 0.338 e. The van der Waals surface area contributed by atoms with Gasteiger partial charge in [-0.25, -0.2) is 9.59 Å². The van der Waals surface area contributed by atoms with Crippen LogP contribution in [0, 0.1) is 5.92 Å². The minimum Gasteiger partial charge on any atom is -0.463 e. The quantitative estimate of drug-likeness (QED) is 0.527. The van der Waals surface area contributed by atoms with Gasteiger partial charge in [0.25, 0.3) is 0 Å². The number of rotatable bonds is 7. The molecule has 2 aliphatic heterocycles. The second-order valence-corrected chi connectivity index (χ2v) is 10.3. The van der Waals surface area contributed by atoms with Crippen molar-refractivity contribution in [3.63, 3.8) is 0 Å². The van der Waals surface area contributed by atoms with Gasteiger partial charge in [-0.2, -0.15) is 0 Å². The molecule has 2 fully saturated rings. The zero-order chi connectivity index (χ0) is 25.8. The van der Waals surface area contributed by atoms with E-state index in [1.54, 1.807) is 30.0 Å². The van der Waals surface area contributed by atoms with Crippen LogP contribution >= 0.6 is 23.2 Å². The van der Waals surface area contributed by atoms with Gasteiger partial charge in [0, 0.05) is 50.9 Å². The Bertz CT molecular complexity index is 1040. The van der Waals surface area contributed by atoms with E-state index in [-0.39, 0.29) is 24.5 Å². The first-order chi connectivity index (χ1) is 17.3. The van der Waals surface area contributed by atoms with Crippen LogP contribution < -0.4 is 5.32 Å². The Morgan fingerprint density at radius 1 is 1.06 bits per heavy atom. The average molecular weight is 537 g/mol. The zero-order valence-corrected chi connectivity index (χ0v) is 22.4. The summed E-state index contributed by atoms with van der Waals surface area (Å²) in [5, 5.41) is 3.69. The lowest BCUT2D eigenvalue weighted by Crippen LogP contribution is -2.51. The molecule has 4 rings (SSSR count). The SMILES string of the molecule is CCOC(=O)C1=C(CN2CCCN(C(=O)C3CCC3)CC2)N(CC)C(=O)N[C@@H]1c1ccc(Cl)c(Cl)c1. The number of esters is 1. The van der Waals surface area contributed by atoms with Crippen LogP contribution in [0.25, 0.3) is 0 Å². The summed E-state index contributed by atoms with van der Waals surface area (Å²) in [5.74, 6) is -0.0284. The van der Waals surface area contributed by atoms with Crippen molar-refractivity contribution in [2.75, 3.05) is 45.9 Å². The molecule has 1 aromatic rings. The minimum atomic E-state index is -0.715. The van der Waals surface area contributed by atoms with E-state index in [9.17, 15) is 14.4 Å². The molecule has 1 aromatic carbocycles. The third kappa shape index (κ3) is 5.66. The van der Waals surface area contributed by atoms with Gasteiger partial charge in [0.15, 0.2) is 0 Å². The van der Waals surface area contributed by atoms with Gasteiger partial charge in [-0.05, 0) is 50.8 Å². The van der Waals surface area contributed by atoms with Crippen LogP contribution in [0.3, 0.4) is 0 Å². The van der Waals surface area contributed by atoms with Gasteiger partial charge in [-0.3, -0.25) is 14.6 Å². The number of hydrogen-bond acceptors (Lipinski definition) is 5. The third-order valence-electron chi connectivity index (χ3n) is 7.25. The number of likely N-dealkylation sites (N-methyl/N-ethyl adjacent to an activating group) is 1. The zero-order valence-electron chi connectivity index (χ0n) is 20.9. The highest BCUT2D eigenvalue weighted by Crippen LogP contribution is 2.35. The van der Waals surface area contributed by atoms with Gasteiger partial charge in [0.05, 0.1) is 28.3 Å². The summed E-state index contributed by atoms with van der Waals surface area (Å²) >= 11 is 12.4. The van der Waals surface area contributed by atoms with E-state index in [1.165, 1.54) is 0 Å². The number of urea groups is 1. The highest BCUT2D eigenvalue weighted by molar-refractivity contribution is 6.42. The van der Waals surface area contributed by atoms with Crippen LogP contribution in [-0.2, 0) is 14.3 Å². The number of nitrogens with one attached hydrogen (secondary N) is 1. The van der Waals surface area contributed by atoms with Crippen molar-refractivity contribution in [2.24, 2.45) is 5.92 Å². The molecule has 196 valence electrons. The molecule has 8 nitrogen and oxygen atoms in total. The van der Waals surface area contributed by atoms with E-state index in [4.69, 9.17) is 27.9 Å². The van der Waals surface area contributed by atoms with Crippen molar-refractivity contribution >= 4 is 41.1 Å². The van der Waals surface area contributed by atoms with Crippen molar-refractivity contribution in [3.8, 4) is 0 Å². The van der Waals surface area contributed by atoms with Crippen molar-refractivity contribution < 1.29 is 19.1 Å². The lowest BCUT2D eigenvalue weighted by molar-refractivity contribution is -0.139. The van der Waals surface area contributed by atoms with E-state index in [1.807, 2.05) is 11.8 Å². The standard InChI is InChI=1S/C26H34Cl2N4O4/c1-3-32-21(16-30-11-6-12-31(14-13-30)24(33)17-7-5-8-17)22(25(34)36-4-2)23(29-26(32)35)18-9-10-19(27)20(28)15-18/h9-10,15,17,23H,3-8,11-14,16H2,1-2H3,(H,29,35)/t23-/m1/s1. The van der Waals surface area contributed by atoms with Crippen LogP contribution in [0.1, 0.15) is 51.1 Å². The molecule has 2 heterocycles. The Morgan fingerprint density at radius 2 is 1.83 bits per heavy atom. The fourth-order valence-corrected chi connectivity index (χ4v) is 5.38. The molecule has 1 N–H and O–H groups in total. The average Bonchev–Trinajstić information content (AvgIpc) is 3.05. The van der Waals surface area contributed by atoms with E-state index in [0.717, 1.165) is 38.8 Å². The summed E-state index contributed by atoms with van der Waals surface area (Å²) in [6.45, 7) is 7.48. The number of hydrogen-bond donors (Lipinski definition) is 1. The van der Waals surface area contributed by atoms with Crippen LogP contribution in [0.15, 0.2) is 29.5 Å². The van der Waals surface area contributed by atoms with Gasteiger partial charge in [-0.1, -0.05) is 35.7 Å². The fourth-order valence-electron chi connectivity index (χ4n) is 5.07. The van der Waals surface area contributed by atoms with Gasteiger partial charge in [-0.15, -0.1) is 0 Å². The molecule has 0 radical (unpaired) electrons. The highest BCUT2D eigenvalue weighted by atomic mass is 35.5. The number of ether oxygens (including phenoxy) is 1. The lowest BCUT2D eigenvalue weighted by Gasteiger charge is -2.38. The van der Waals surface area contributed by atoms with Gasteiger partial charge >= 0.3 is 12.0 Å². The number of carbonyl (C=O) groups excluding carboxylic acids is 3. The van der Waals surface area contributed by atoms with Crippen molar-refractivity contribution in [3.05, 3.63) is 45.1 Å². The minimum absolute atomic E-state index is 0.180. The first kappa shape index (κ1) is 26.8. The van der Waals surface area contributed by atoms with Crippen LogP contribution in [0.5, 0.6) is 0 Å².